The van der Waals surface area contributed by atoms with Gasteiger partial charge in [0.2, 0.25) is 11.5 Å². The summed E-state index contributed by atoms with van der Waals surface area (Å²) in [6.45, 7) is 2.91. The summed E-state index contributed by atoms with van der Waals surface area (Å²) in [4.78, 5) is 27.8. The summed E-state index contributed by atoms with van der Waals surface area (Å²) in [5.41, 5.74) is 1.37. The number of carbonyl (C=O) groups is 2. The van der Waals surface area contributed by atoms with Crippen LogP contribution in [0.3, 0.4) is 0 Å². The van der Waals surface area contributed by atoms with Crippen LogP contribution in [0.4, 0.5) is 16.2 Å². The van der Waals surface area contributed by atoms with E-state index in [1.54, 1.807) is 48.7 Å². The number of carboxylic acid groups (broad SMARTS) is 1. The highest BCUT2D eigenvalue weighted by molar-refractivity contribution is 6.01. The van der Waals surface area contributed by atoms with Gasteiger partial charge in [0.25, 0.3) is 0 Å². The van der Waals surface area contributed by atoms with Gasteiger partial charge in [-0.25, -0.2) is 14.6 Å². The molecule has 0 saturated heterocycles. The standard InChI is InChI=1S/C24H25N3O6/c1-24(2,22(28)29)33-20-13-10-16(14-25-20)15-8-11-17(12-9-15)26-23(30)27-18-6-5-7-19(31-3)21(18)32-4/h5-14H,1-4H3,(H,28,29)(H2,26,27,30). The van der Waals surface area contributed by atoms with Crippen molar-refractivity contribution in [3.05, 3.63) is 60.8 Å². The van der Waals surface area contributed by atoms with Crippen LogP contribution in [-0.4, -0.2) is 41.9 Å². The number of ether oxygens (including phenoxy) is 3. The van der Waals surface area contributed by atoms with E-state index in [9.17, 15) is 9.59 Å². The number of carboxylic acids is 1. The zero-order valence-electron chi connectivity index (χ0n) is 18.7. The van der Waals surface area contributed by atoms with Crippen molar-refractivity contribution >= 4 is 23.4 Å². The first-order chi connectivity index (χ1) is 15.7. The Morgan fingerprint density at radius 1 is 0.909 bits per heavy atom. The number of rotatable bonds is 8. The molecule has 0 aliphatic carbocycles. The number of benzene rings is 2. The summed E-state index contributed by atoms with van der Waals surface area (Å²) in [7, 11) is 3.02. The number of aromatic nitrogens is 1. The van der Waals surface area contributed by atoms with Crippen molar-refractivity contribution in [1.82, 2.24) is 4.98 Å². The fraction of sp³-hybridized carbons (Fsp3) is 0.208. The Hall–Kier alpha value is -4.27. The maximum Gasteiger partial charge on any atom is 0.347 e. The highest BCUT2D eigenvalue weighted by Gasteiger charge is 2.29. The molecule has 9 nitrogen and oxygen atoms in total. The normalized spacial score (nSPS) is 10.8. The fourth-order valence-corrected chi connectivity index (χ4v) is 2.93. The van der Waals surface area contributed by atoms with E-state index in [2.05, 4.69) is 15.6 Å². The maximum absolute atomic E-state index is 12.4. The summed E-state index contributed by atoms with van der Waals surface area (Å²) in [5.74, 6) is 0.0767. The van der Waals surface area contributed by atoms with Crippen LogP contribution in [0.5, 0.6) is 17.4 Å². The van der Waals surface area contributed by atoms with E-state index in [4.69, 9.17) is 19.3 Å². The quantitative estimate of drug-likeness (QED) is 0.456. The molecule has 1 heterocycles. The van der Waals surface area contributed by atoms with Gasteiger partial charge in [-0.05, 0) is 49.7 Å². The molecular weight excluding hydrogens is 426 g/mol. The van der Waals surface area contributed by atoms with E-state index in [1.807, 2.05) is 12.1 Å². The number of hydrogen-bond donors (Lipinski definition) is 3. The van der Waals surface area contributed by atoms with Crippen LogP contribution in [0, 0.1) is 0 Å². The molecule has 0 aliphatic rings. The second-order valence-electron chi connectivity index (χ2n) is 7.50. The van der Waals surface area contributed by atoms with Gasteiger partial charge >= 0.3 is 12.0 Å². The van der Waals surface area contributed by atoms with Crippen molar-refractivity contribution in [2.45, 2.75) is 19.4 Å². The van der Waals surface area contributed by atoms with Crippen LogP contribution in [0.2, 0.25) is 0 Å². The van der Waals surface area contributed by atoms with Crippen molar-refractivity contribution in [2.75, 3.05) is 24.9 Å². The lowest BCUT2D eigenvalue weighted by molar-refractivity contribution is -0.152. The number of nitrogens with zero attached hydrogens (tertiary/aromatic N) is 1. The summed E-state index contributed by atoms with van der Waals surface area (Å²) < 4.78 is 16.0. The lowest BCUT2D eigenvalue weighted by Crippen LogP contribution is -2.38. The number of anilines is 2. The van der Waals surface area contributed by atoms with Gasteiger partial charge in [0.1, 0.15) is 0 Å². The highest BCUT2D eigenvalue weighted by Crippen LogP contribution is 2.34. The number of amides is 2. The molecule has 0 radical (unpaired) electrons. The van der Waals surface area contributed by atoms with Gasteiger partial charge in [-0.1, -0.05) is 18.2 Å². The zero-order chi connectivity index (χ0) is 24.0. The zero-order valence-corrected chi connectivity index (χ0v) is 18.7. The molecule has 0 saturated carbocycles. The minimum absolute atomic E-state index is 0.217. The van der Waals surface area contributed by atoms with Gasteiger partial charge in [-0.3, -0.25) is 0 Å². The summed E-state index contributed by atoms with van der Waals surface area (Å²) in [6.07, 6.45) is 1.59. The molecule has 0 fully saturated rings. The molecular formula is C24H25N3O6. The van der Waals surface area contributed by atoms with E-state index in [1.165, 1.54) is 28.1 Å². The van der Waals surface area contributed by atoms with Gasteiger partial charge in [0.05, 0.1) is 19.9 Å². The first-order valence-corrected chi connectivity index (χ1v) is 10.0. The third kappa shape index (κ3) is 5.70. The van der Waals surface area contributed by atoms with E-state index < -0.39 is 17.6 Å². The largest absolute Gasteiger partial charge is 0.493 e. The van der Waals surface area contributed by atoms with Crippen molar-refractivity contribution in [1.29, 1.82) is 0 Å². The molecule has 0 aliphatic heterocycles. The predicted molar refractivity (Wildman–Crippen MR) is 124 cm³/mol. The molecule has 2 aromatic carbocycles. The lowest BCUT2D eigenvalue weighted by Gasteiger charge is -2.20. The van der Waals surface area contributed by atoms with Gasteiger partial charge in [0, 0.05) is 23.5 Å². The minimum atomic E-state index is -1.38. The third-order valence-corrected chi connectivity index (χ3v) is 4.74. The number of carbonyl (C=O) groups excluding carboxylic acids is 1. The van der Waals surface area contributed by atoms with E-state index in [0.717, 1.165) is 11.1 Å². The number of urea groups is 1. The molecule has 172 valence electrons. The smallest absolute Gasteiger partial charge is 0.347 e. The van der Waals surface area contributed by atoms with Crippen molar-refractivity contribution in [3.8, 4) is 28.5 Å². The molecule has 0 unspecified atom stereocenters. The molecule has 3 rings (SSSR count). The molecule has 33 heavy (non-hydrogen) atoms. The number of nitrogens with one attached hydrogen (secondary N) is 2. The lowest BCUT2D eigenvalue weighted by atomic mass is 10.1. The second kappa shape index (κ2) is 9.90. The van der Waals surface area contributed by atoms with Gasteiger partial charge in [-0.2, -0.15) is 0 Å². The minimum Gasteiger partial charge on any atom is -0.493 e. The van der Waals surface area contributed by atoms with Crippen LogP contribution < -0.4 is 24.8 Å². The second-order valence-corrected chi connectivity index (χ2v) is 7.50. The topological polar surface area (TPSA) is 119 Å². The van der Waals surface area contributed by atoms with Crippen LogP contribution in [0.15, 0.2) is 60.8 Å². The summed E-state index contributed by atoms with van der Waals surface area (Å²) >= 11 is 0. The summed E-state index contributed by atoms with van der Waals surface area (Å²) in [6, 6.07) is 15.3. The number of aliphatic carboxylic acids is 1. The van der Waals surface area contributed by atoms with Crippen LogP contribution in [-0.2, 0) is 4.79 Å². The Morgan fingerprint density at radius 2 is 1.61 bits per heavy atom. The third-order valence-electron chi connectivity index (χ3n) is 4.74. The highest BCUT2D eigenvalue weighted by atomic mass is 16.5. The average Bonchev–Trinajstić information content (AvgIpc) is 2.79. The predicted octanol–water partition coefficient (Wildman–Crippen LogP) is 4.65. The van der Waals surface area contributed by atoms with Crippen LogP contribution >= 0.6 is 0 Å². The molecule has 3 aromatic rings. The average molecular weight is 451 g/mol. The molecule has 9 heteroatoms. The molecule has 0 spiro atoms. The van der Waals surface area contributed by atoms with E-state index >= 15 is 0 Å². The summed E-state index contributed by atoms with van der Waals surface area (Å²) in [5, 5.41) is 14.7. The molecule has 1 aromatic heterocycles. The number of para-hydroxylation sites is 1. The van der Waals surface area contributed by atoms with E-state index in [-0.39, 0.29) is 5.88 Å². The van der Waals surface area contributed by atoms with Gasteiger partial charge in [-0.15, -0.1) is 0 Å². The first-order valence-electron chi connectivity index (χ1n) is 10.0. The molecule has 0 atom stereocenters. The number of hydrogen-bond acceptors (Lipinski definition) is 6. The maximum atomic E-state index is 12.4. The van der Waals surface area contributed by atoms with Gasteiger partial charge < -0.3 is 30.0 Å². The van der Waals surface area contributed by atoms with Crippen LogP contribution in [0.25, 0.3) is 11.1 Å². The van der Waals surface area contributed by atoms with Crippen LogP contribution in [0.1, 0.15) is 13.8 Å². The Bertz CT molecular complexity index is 1130. The number of methoxy groups -OCH3 is 2. The van der Waals surface area contributed by atoms with E-state index in [0.29, 0.717) is 22.9 Å². The molecule has 3 N–H and O–H groups in total. The SMILES string of the molecule is COc1cccc(NC(=O)Nc2ccc(-c3ccc(OC(C)(C)C(=O)O)nc3)cc2)c1OC. The molecule has 0 bridgehead atoms. The Kier molecular flexibility index (Phi) is 7.02. The monoisotopic (exact) mass is 451 g/mol. The Labute approximate surface area is 191 Å². The van der Waals surface area contributed by atoms with Gasteiger partial charge in [0.15, 0.2) is 11.5 Å². The van der Waals surface area contributed by atoms with Crippen molar-refractivity contribution in [2.24, 2.45) is 0 Å². The van der Waals surface area contributed by atoms with Crippen molar-refractivity contribution in [3.63, 3.8) is 0 Å². The molecule has 2 amide bonds. The number of pyridine rings is 1. The first kappa shape index (κ1) is 23.4. The Morgan fingerprint density at radius 3 is 2.18 bits per heavy atom. The van der Waals surface area contributed by atoms with Crippen molar-refractivity contribution < 1.29 is 28.9 Å². The fourth-order valence-electron chi connectivity index (χ4n) is 2.93. The Balaban J connectivity index is 1.65.